The summed E-state index contributed by atoms with van der Waals surface area (Å²) in [4.78, 5) is 21.7. The van der Waals surface area contributed by atoms with Gasteiger partial charge in [0.1, 0.15) is 5.82 Å². The van der Waals surface area contributed by atoms with Crippen molar-refractivity contribution in [1.82, 2.24) is 9.88 Å². The lowest BCUT2D eigenvalue weighted by Gasteiger charge is -2.27. The first-order valence-corrected chi connectivity index (χ1v) is 11.4. The molecule has 32 heavy (non-hydrogen) atoms. The number of morpholine rings is 1. The Morgan fingerprint density at radius 1 is 1.25 bits per heavy atom. The van der Waals surface area contributed by atoms with Crippen LogP contribution < -0.4 is 4.90 Å². The highest BCUT2D eigenvalue weighted by atomic mass is 35.5. The smallest absolute Gasteiger partial charge is 0.252 e. The fourth-order valence-electron chi connectivity index (χ4n) is 3.44. The molecule has 5 nitrogen and oxygen atoms in total. The highest BCUT2D eigenvalue weighted by Crippen LogP contribution is 2.30. The van der Waals surface area contributed by atoms with Gasteiger partial charge in [-0.2, -0.15) is 0 Å². The average Bonchev–Trinajstić information content (AvgIpc) is 3.19. The molecule has 4 rings (SSSR count). The summed E-state index contributed by atoms with van der Waals surface area (Å²) in [5.41, 5.74) is 1.46. The van der Waals surface area contributed by atoms with E-state index in [1.54, 1.807) is 23.1 Å². The summed E-state index contributed by atoms with van der Waals surface area (Å²) in [7, 11) is 0. The molecule has 2 heterocycles. The van der Waals surface area contributed by atoms with Gasteiger partial charge in [0.15, 0.2) is 5.13 Å². The Morgan fingerprint density at radius 2 is 2.03 bits per heavy atom. The molecular weight excluding hydrogens is 472 g/mol. The maximum absolute atomic E-state index is 13.6. The van der Waals surface area contributed by atoms with Crippen molar-refractivity contribution in [2.75, 3.05) is 44.3 Å². The van der Waals surface area contributed by atoms with E-state index in [4.69, 9.17) is 16.3 Å². The summed E-state index contributed by atoms with van der Waals surface area (Å²) >= 11 is 7.52. The minimum atomic E-state index is -0.313. The Hall–Kier alpha value is -2.03. The van der Waals surface area contributed by atoms with Gasteiger partial charge in [0.05, 0.1) is 23.4 Å². The number of hydrogen-bond donors (Lipinski definition) is 0. The van der Waals surface area contributed by atoms with Crippen LogP contribution in [0, 0.1) is 5.82 Å². The number of carbonyl (C=O) groups excluding carboxylic acids is 1. The molecule has 170 valence electrons. The molecule has 1 aliphatic heterocycles. The molecule has 0 saturated carbocycles. The molecule has 0 aliphatic carbocycles. The third kappa shape index (κ3) is 6.27. The van der Waals surface area contributed by atoms with Crippen LogP contribution in [0.3, 0.4) is 0 Å². The number of fused-ring (bicyclic) bond motifs is 1. The maximum Gasteiger partial charge on any atom is 0.252 e. The number of ether oxygens (including phenoxy) is 1. The molecule has 0 bridgehead atoms. The fraction of sp³-hybridized carbons (Fsp3) is 0.304. The number of benzene rings is 2. The minimum Gasteiger partial charge on any atom is -0.379 e. The van der Waals surface area contributed by atoms with Gasteiger partial charge in [-0.15, -0.1) is 12.4 Å². The lowest BCUT2D eigenvalue weighted by atomic mass is 10.2. The lowest BCUT2D eigenvalue weighted by molar-refractivity contribution is -0.114. The second-order valence-electron chi connectivity index (χ2n) is 7.26. The summed E-state index contributed by atoms with van der Waals surface area (Å²) in [5.74, 6) is -0.493. The first kappa shape index (κ1) is 24.6. The SMILES string of the molecule is Cl.O=C(/C=C/c1ccccc1Cl)N(CCCN1CCOCC1)c1nc2ccc(F)cc2s1. The number of rotatable bonds is 7. The van der Waals surface area contributed by atoms with E-state index in [0.717, 1.165) is 49.5 Å². The zero-order valence-electron chi connectivity index (χ0n) is 17.4. The van der Waals surface area contributed by atoms with Crippen LogP contribution in [0.2, 0.25) is 5.02 Å². The van der Waals surface area contributed by atoms with Gasteiger partial charge in [0.2, 0.25) is 0 Å². The molecular formula is C23H24Cl2FN3O2S. The molecule has 1 saturated heterocycles. The number of nitrogens with zero attached hydrogens (tertiary/aromatic N) is 3. The molecule has 1 fully saturated rings. The Labute approximate surface area is 201 Å². The van der Waals surface area contributed by atoms with Gasteiger partial charge in [0, 0.05) is 37.3 Å². The molecule has 2 aromatic carbocycles. The maximum atomic E-state index is 13.6. The number of anilines is 1. The van der Waals surface area contributed by atoms with Crippen molar-refractivity contribution < 1.29 is 13.9 Å². The van der Waals surface area contributed by atoms with E-state index in [2.05, 4.69) is 9.88 Å². The molecule has 9 heteroatoms. The van der Waals surface area contributed by atoms with Crippen LogP contribution in [-0.2, 0) is 9.53 Å². The largest absolute Gasteiger partial charge is 0.379 e. The van der Waals surface area contributed by atoms with E-state index >= 15 is 0 Å². The summed E-state index contributed by atoms with van der Waals surface area (Å²) < 4.78 is 19.7. The van der Waals surface area contributed by atoms with Crippen molar-refractivity contribution in [3.8, 4) is 0 Å². The third-order valence-corrected chi connectivity index (χ3v) is 6.49. The topological polar surface area (TPSA) is 45.7 Å². The normalized spacial score (nSPS) is 14.6. The van der Waals surface area contributed by atoms with Gasteiger partial charge in [-0.05, 0) is 42.3 Å². The van der Waals surface area contributed by atoms with Crippen molar-refractivity contribution in [2.24, 2.45) is 0 Å². The van der Waals surface area contributed by atoms with Crippen LogP contribution >= 0.6 is 35.3 Å². The van der Waals surface area contributed by atoms with Crippen LogP contribution in [-0.4, -0.2) is 55.2 Å². The fourth-order valence-corrected chi connectivity index (χ4v) is 4.66. The summed E-state index contributed by atoms with van der Waals surface area (Å²) in [6.45, 7) is 4.69. The Bertz CT molecular complexity index is 1090. The molecule has 0 spiro atoms. The van der Waals surface area contributed by atoms with Crippen LogP contribution in [0.5, 0.6) is 0 Å². The zero-order chi connectivity index (χ0) is 21.6. The summed E-state index contributed by atoms with van der Waals surface area (Å²) in [6, 6.07) is 11.8. The molecule has 3 aromatic rings. The summed E-state index contributed by atoms with van der Waals surface area (Å²) in [5, 5.41) is 1.15. The van der Waals surface area contributed by atoms with E-state index in [1.807, 2.05) is 18.2 Å². The lowest BCUT2D eigenvalue weighted by Crippen LogP contribution is -2.39. The van der Waals surface area contributed by atoms with Crippen LogP contribution in [0.15, 0.2) is 48.5 Å². The van der Waals surface area contributed by atoms with Gasteiger partial charge in [0.25, 0.3) is 5.91 Å². The van der Waals surface area contributed by atoms with Crippen molar-refractivity contribution in [3.05, 3.63) is 64.9 Å². The first-order valence-electron chi connectivity index (χ1n) is 10.2. The Kier molecular flexibility index (Phi) is 9.02. The average molecular weight is 496 g/mol. The van der Waals surface area contributed by atoms with E-state index in [-0.39, 0.29) is 24.1 Å². The highest BCUT2D eigenvalue weighted by molar-refractivity contribution is 7.22. The number of amides is 1. The quantitative estimate of drug-likeness (QED) is 0.418. The number of carbonyl (C=O) groups is 1. The van der Waals surface area contributed by atoms with Crippen molar-refractivity contribution in [3.63, 3.8) is 0 Å². The van der Waals surface area contributed by atoms with Crippen LogP contribution in [0.25, 0.3) is 16.3 Å². The monoisotopic (exact) mass is 495 g/mol. The van der Waals surface area contributed by atoms with Gasteiger partial charge < -0.3 is 4.74 Å². The molecule has 0 N–H and O–H groups in total. The van der Waals surface area contributed by atoms with Crippen molar-refractivity contribution in [2.45, 2.75) is 6.42 Å². The Morgan fingerprint density at radius 3 is 2.81 bits per heavy atom. The number of hydrogen-bond acceptors (Lipinski definition) is 5. The number of halogens is 3. The first-order chi connectivity index (χ1) is 15.1. The summed E-state index contributed by atoms with van der Waals surface area (Å²) in [6.07, 6.45) is 4.03. The zero-order valence-corrected chi connectivity index (χ0v) is 19.8. The van der Waals surface area contributed by atoms with E-state index < -0.39 is 0 Å². The molecule has 0 unspecified atom stereocenters. The minimum absolute atomic E-state index is 0. The number of aromatic nitrogens is 1. The Balaban J connectivity index is 0.00000289. The molecule has 1 aliphatic rings. The standard InChI is InChI=1S/C23H23ClFN3O2S.ClH/c24-19-5-2-1-4-17(19)6-9-22(29)28(11-3-10-27-12-14-30-15-13-27)23-26-20-8-7-18(25)16-21(20)31-23;/h1-2,4-9,16H,3,10-15H2;1H/b9-6+;. The molecule has 1 aromatic heterocycles. The third-order valence-electron chi connectivity index (χ3n) is 5.11. The molecule has 1 amide bonds. The van der Waals surface area contributed by atoms with Crippen molar-refractivity contribution in [1.29, 1.82) is 0 Å². The predicted octanol–water partition coefficient (Wildman–Crippen LogP) is 5.28. The van der Waals surface area contributed by atoms with Gasteiger partial charge in [-0.25, -0.2) is 9.37 Å². The molecule has 0 radical (unpaired) electrons. The van der Waals surface area contributed by atoms with Crippen LogP contribution in [0.1, 0.15) is 12.0 Å². The van der Waals surface area contributed by atoms with E-state index in [0.29, 0.717) is 22.2 Å². The highest BCUT2D eigenvalue weighted by Gasteiger charge is 2.19. The number of thiazole rings is 1. The molecule has 0 atom stereocenters. The van der Waals surface area contributed by atoms with Gasteiger partial charge >= 0.3 is 0 Å². The predicted molar refractivity (Wildman–Crippen MR) is 132 cm³/mol. The van der Waals surface area contributed by atoms with Gasteiger partial charge in [-0.3, -0.25) is 14.6 Å². The second-order valence-corrected chi connectivity index (χ2v) is 8.68. The van der Waals surface area contributed by atoms with E-state index in [1.165, 1.54) is 29.5 Å². The second kappa shape index (κ2) is 11.7. The van der Waals surface area contributed by atoms with Crippen LogP contribution in [0.4, 0.5) is 9.52 Å². The van der Waals surface area contributed by atoms with E-state index in [9.17, 15) is 9.18 Å². The van der Waals surface area contributed by atoms with Crippen molar-refractivity contribution >= 4 is 62.7 Å². The van der Waals surface area contributed by atoms with Gasteiger partial charge in [-0.1, -0.05) is 41.1 Å².